The predicted octanol–water partition coefficient (Wildman–Crippen LogP) is 8.40. The predicted molar refractivity (Wildman–Crippen MR) is 185 cm³/mol. The molecule has 2 aliphatic heterocycles. The van der Waals surface area contributed by atoms with E-state index in [1.54, 1.807) is 0 Å². The minimum atomic E-state index is 0.154. The zero-order valence-electron chi connectivity index (χ0n) is 23.8. The molecule has 200 valence electrons. The molecule has 0 amide bonds. The molecule has 0 radical (unpaired) electrons. The summed E-state index contributed by atoms with van der Waals surface area (Å²) in [7, 11) is 0. The lowest BCUT2D eigenvalue weighted by atomic mass is 9.37. The van der Waals surface area contributed by atoms with Crippen LogP contribution in [0.15, 0.2) is 140 Å². The summed E-state index contributed by atoms with van der Waals surface area (Å²) in [5.74, 6) is 0. The van der Waals surface area contributed by atoms with Gasteiger partial charge in [0.2, 0.25) is 6.71 Å². The third-order valence-corrected chi connectivity index (χ3v) is 9.85. The van der Waals surface area contributed by atoms with Gasteiger partial charge in [0.05, 0.1) is 17.3 Å². The zero-order valence-corrected chi connectivity index (χ0v) is 23.8. The molecule has 8 aromatic carbocycles. The molecule has 0 unspecified atom stereocenters. The molecule has 8 aromatic rings. The van der Waals surface area contributed by atoms with Crippen LogP contribution in [-0.4, -0.2) is 6.71 Å². The summed E-state index contributed by atoms with van der Waals surface area (Å²) in [5.41, 5.74) is 13.3. The Morgan fingerprint density at radius 1 is 0.500 bits per heavy atom. The standard InChI is InChI=1S/C41H23BN2/c43-24-25-11-13-26(14-12-25)30-19-22-37-35(23-30)42-34-9-2-1-7-31(34)32-8-4-10-38(41(32)42)44(37)36-21-18-29-16-15-27-5-3-6-28-17-20-33(36)40(29)39(27)28/h1-23H. The third-order valence-electron chi connectivity index (χ3n) is 9.85. The van der Waals surface area contributed by atoms with Crippen molar-refractivity contribution in [2.75, 3.05) is 4.90 Å². The van der Waals surface area contributed by atoms with Gasteiger partial charge in [-0.15, -0.1) is 0 Å². The Morgan fingerprint density at radius 2 is 1.18 bits per heavy atom. The van der Waals surface area contributed by atoms with Gasteiger partial charge in [-0.05, 0) is 90.4 Å². The molecule has 0 atom stereocenters. The Balaban J connectivity index is 1.29. The van der Waals surface area contributed by atoms with Crippen LogP contribution in [0.3, 0.4) is 0 Å². The van der Waals surface area contributed by atoms with Crippen LogP contribution in [0.4, 0.5) is 17.1 Å². The molecule has 0 spiro atoms. The van der Waals surface area contributed by atoms with E-state index in [4.69, 9.17) is 0 Å². The second-order valence-electron chi connectivity index (χ2n) is 12.0. The third kappa shape index (κ3) is 3.04. The maximum atomic E-state index is 9.36. The number of benzene rings is 8. The summed E-state index contributed by atoms with van der Waals surface area (Å²) in [4.78, 5) is 2.50. The van der Waals surface area contributed by atoms with E-state index in [9.17, 15) is 5.26 Å². The first kappa shape index (κ1) is 23.7. The van der Waals surface area contributed by atoms with E-state index in [1.807, 2.05) is 12.1 Å². The molecular formula is C41H23BN2. The molecule has 2 heterocycles. The van der Waals surface area contributed by atoms with Crippen molar-refractivity contribution in [3.8, 4) is 28.3 Å². The highest BCUT2D eigenvalue weighted by atomic mass is 15.2. The topological polar surface area (TPSA) is 27.0 Å². The van der Waals surface area contributed by atoms with Crippen LogP contribution in [-0.2, 0) is 0 Å². The highest BCUT2D eigenvalue weighted by molar-refractivity contribution is 7.01. The molecule has 3 heteroatoms. The molecule has 10 rings (SSSR count). The number of anilines is 3. The average molecular weight is 554 g/mol. The minimum Gasteiger partial charge on any atom is -0.311 e. The molecule has 0 fully saturated rings. The summed E-state index contributed by atoms with van der Waals surface area (Å²) in [6, 6.07) is 53.1. The Kier molecular flexibility index (Phi) is 4.63. The maximum absolute atomic E-state index is 9.36. The van der Waals surface area contributed by atoms with Crippen LogP contribution in [0, 0.1) is 11.3 Å². The van der Waals surface area contributed by atoms with Crippen LogP contribution < -0.4 is 21.3 Å². The van der Waals surface area contributed by atoms with Gasteiger partial charge in [-0.3, -0.25) is 0 Å². The lowest BCUT2D eigenvalue weighted by molar-refractivity contribution is 1.31. The smallest absolute Gasteiger partial charge is 0.248 e. The van der Waals surface area contributed by atoms with Crippen molar-refractivity contribution in [3.63, 3.8) is 0 Å². The molecule has 0 saturated heterocycles. The quantitative estimate of drug-likeness (QED) is 0.159. The van der Waals surface area contributed by atoms with Crippen LogP contribution in [0.25, 0.3) is 54.6 Å². The fraction of sp³-hybridized carbons (Fsp3) is 0. The van der Waals surface area contributed by atoms with Crippen LogP contribution in [0.2, 0.25) is 0 Å². The lowest BCUT2D eigenvalue weighted by Gasteiger charge is -2.37. The van der Waals surface area contributed by atoms with Crippen LogP contribution in [0.5, 0.6) is 0 Å². The first-order chi connectivity index (χ1) is 21.8. The average Bonchev–Trinajstić information content (AvgIpc) is 3.43. The van der Waals surface area contributed by atoms with Gasteiger partial charge in [0.1, 0.15) is 0 Å². The highest BCUT2D eigenvalue weighted by Crippen LogP contribution is 2.46. The van der Waals surface area contributed by atoms with Crippen molar-refractivity contribution in [2.24, 2.45) is 0 Å². The SMILES string of the molecule is N#Cc1ccc(-c2ccc3c(c2)B2c4ccccc4-c4cccc(c42)N3c2ccc3ccc4cccc5ccc2c3c45)cc1. The largest absolute Gasteiger partial charge is 0.311 e. The molecule has 0 N–H and O–H groups in total. The molecular weight excluding hydrogens is 531 g/mol. The molecule has 0 bridgehead atoms. The van der Waals surface area contributed by atoms with Crippen molar-refractivity contribution in [1.82, 2.24) is 0 Å². The number of fused-ring (bicyclic) bond motifs is 5. The number of nitriles is 1. The molecule has 0 saturated carbocycles. The molecule has 0 aromatic heterocycles. The normalized spacial score (nSPS) is 12.9. The fourth-order valence-electron chi connectivity index (χ4n) is 7.97. The van der Waals surface area contributed by atoms with Crippen LogP contribution in [0.1, 0.15) is 5.56 Å². The van der Waals surface area contributed by atoms with Crippen LogP contribution >= 0.6 is 0 Å². The zero-order chi connectivity index (χ0) is 28.9. The number of hydrogen-bond donors (Lipinski definition) is 0. The number of rotatable bonds is 2. The van der Waals surface area contributed by atoms with Gasteiger partial charge in [-0.2, -0.15) is 5.26 Å². The summed E-state index contributed by atoms with van der Waals surface area (Å²) in [6.45, 7) is 0.154. The van der Waals surface area contributed by atoms with E-state index in [0.717, 1.165) is 11.1 Å². The van der Waals surface area contributed by atoms with Crippen molar-refractivity contribution in [1.29, 1.82) is 5.26 Å². The van der Waals surface area contributed by atoms with E-state index in [1.165, 1.54) is 76.9 Å². The Hall–Kier alpha value is -5.85. The monoisotopic (exact) mass is 554 g/mol. The van der Waals surface area contributed by atoms with E-state index in [2.05, 4.69) is 138 Å². The minimum absolute atomic E-state index is 0.154. The number of hydrogen-bond acceptors (Lipinski definition) is 2. The Bertz CT molecular complexity index is 2510. The van der Waals surface area contributed by atoms with Gasteiger partial charge in [0, 0.05) is 16.8 Å². The fourth-order valence-corrected chi connectivity index (χ4v) is 7.97. The lowest BCUT2D eigenvalue weighted by Crippen LogP contribution is -2.54. The van der Waals surface area contributed by atoms with Crippen molar-refractivity contribution in [3.05, 3.63) is 145 Å². The maximum Gasteiger partial charge on any atom is 0.248 e. The second-order valence-corrected chi connectivity index (χ2v) is 12.0. The second kappa shape index (κ2) is 8.60. The molecule has 44 heavy (non-hydrogen) atoms. The van der Waals surface area contributed by atoms with E-state index in [0.29, 0.717) is 5.56 Å². The molecule has 2 nitrogen and oxygen atoms in total. The summed E-state index contributed by atoms with van der Waals surface area (Å²) in [5, 5.41) is 17.1. The summed E-state index contributed by atoms with van der Waals surface area (Å²) in [6.07, 6.45) is 0. The van der Waals surface area contributed by atoms with Gasteiger partial charge in [0.25, 0.3) is 0 Å². The molecule has 0 aliphatic carbocycles. The first-order valence-corrected chi connectivity index (χ1v) is 15.1. The van der Waals surface area contributed by atoms with E-state index < -0.39 is 0 Å². The van der Waals surface area contributed by atoms with Gasteiger partial charge in [-0.25, -0.2) is 0 Å². The van der Waals surface area contributed by atoms with E-state index in [-0.39, 0.29) is 6.71 Å². The van der Waals surface area contributed by atoms with E-state index >= 15 is 0 Å². The Labute approximate surface area is 255 Å². The summed E-state index contributed by atoms with van der Waals surface area (Å²) >= 11 is 0. The van der Waals surface area contributed by atoms with Gasteiger partial charge < -0.3 is 4.90 Å². The van der Waals surface area contributed by atoms with Crippen molar-refractivity contribution >= 4 is 72.5 Å². The molecule has 2 aliphatic rings. The first-order valence-electron chi connectivity index (χ1n) is 15.1. The van der Waals surface area contributed by atoms with Gasteiger partial charge in [0.15, 0.2) is 0 Å². The van der Waals surface area contributed by atoms with Crippen molar-refractivity contribution in [2.45, 2.75) is 0 Å². The van der Waals surface area contributed by atoms with Gasteiger partial charge >= 0.3 is 0 Å². The number of nitrogens with zero attached hydrogens (tertiary/aromatic N) is 2. The van der Waals surface area contributed by atoms with Crippen molar-refractivity contribution < 1.29 is 0 Å². The van der Waals surface area contributed by atoms with Gasteiger partial charge in [-0.1, -0.05) is 115 Å². The highest BCUT2D eigenvalue weighted by Gasteiger charge is 2.42. The Morgan fingerprint density at radius 3 is 2.02 bits per heavy atom. The summed E-state index contributed by atoms with van der Waals surface area (Å²) < 4.78 is 0.